The highest BCUT2D eigenvalue weighted by atomic mass is 15.3. The number of piperazine rings is 1. The van der Waals surface area contributed by atoms with E-state index < -0.39 is 0 Å². The smallest absolute Gasteiger partial charge is 0.232 e. The minimum Gasteiger partial charge on any atom is -0.368 e. The lowest BCUT2D eigenvalue weighted by atomic mass is 10.2. The molecule has 1 aliphatic rings. The zero-order valence-electron chi connectivity index (χ0n) is 16.1. The summed E-state index contributed by atoms with van der Waals surface area (Å²) in [7, 11) is 0. The summed E-state index contributed by atoms with van der Waals surface area (Å²) < 4.78 is 0. The van der Waals surface area contributed by atoms with Crippen LogP contribution in [0.2, 0.25) is 0 Å². The Morgan fingerprint density at radius 2 is 1.68 bits per heavy atom. The van der Waals surface area contributed by atoms with E-state index in [9.17, 15) is 0 Å². The van der Waals surface area contributed by atoms with Gasteiger partial charge in [-0.2, -0.15) is 15.0 Å². The predicted molar refractivity (Wildman–Crippen MR) is 112 cm³/mol. The van der Waals surface area contributed by atoms with Crippen molar-refractivity contribution in [2.75, 3.05) is 42.1 Å². The number of nitrogen functional groups attached to an aromatic ring is 1. The van der Waals surface area contributed by atoms with E-state index in [1.165, 1.54) is 16.2 Å². The minimum absolute atomic E-state index is 0.252. The molecule has 0 bridgehead atoms. The SMILES string of the molecule is Cc1ccc(Nc2nc(N)nc(C[NH+]3CCN(c4ccccc4)CC3)n2)cc1. The fraction of sp³-hybridized carbons (Fsp3) is 0.286. The molecule has 0 spiro atoms. The molecule has 4 N–H and O–H groups in total. The molecule has 0 amide bonds. The summed E-state index contributed by atoms with van der Waals surface area (Å²) in [5.41, 5.74) is 9.35. The molecule has 0 unspecified atom stereocenters. The first-order chi connectivity index (χ1) is 13.7. The molecular formula is C21H26N7+. The van der Waals surface area contributed by atoms with E-state index >= 15 is 0 Å². The van der Waals surface area contributed by atoms with Crippen molar-refractivity contribution >= 4 is 23.3 Å². The molecule has 0 aliphatic carbocycles. The summed E-state index contributed by atoms with van der Waals surface area (Å²) >= 11 is 0. The Labute approximate surface area is 165 Å². The third-order valence-corrected chi connectivity index (χ3v) is 5.01. The van der Waals surface area contributed by atoms with Gasteiger partial charge in [-0.3, -0.25) is 0 Å². The van der Waals surface area contributed by atoms with Crippen LogP contribution in [-0.2, 0) is 6.54 Å². The Kier molecular flexibility index (Phi) is 5.34. The number of hydrogen-bond acceptors (Lipinski definition) is 6. The predicted octanol–water partition coefficient (Wildman–Crippen LogP) is 1.41. The average Bonchev–Trinajstić information content (AvgIpc) is 2.71. The number of rotatable bonds is 5. The molecule has 2 heterocycles. The first-order valence-electron chi connectivity index (χ1n) is 9.63. The van der Waals surface area contributed by atoms with Gasteiger partial charge in [-0.05, 0) is 31.2 Å². The number of para-hydroxylation sites is 1. The highest BCUT2D eigenvalue weighted by molar-refractivity contribution is 5.54. The van der Waals surface area contributed by atoms with Crippen LogP contribution in [0.5, 0.6) is 0 Å². The number of nitrogens with one attached hydrogen (secondary N) is 2. The van der Waals surface area contributed by atoms with Crippen LogP contribution in [0.1, 0.15) is 11.4 Å². The zero-order chi connectivity index (χ0) is 19.3. The Bertz CT molecular complexity index is 904. The van der Waals surface area contributed by atoms with Gasteiger partial charge in [0.25, 0.3) is 0 Å². The first kappa shape index (κ1) is 18.2. The van der Waals surface area contributed by atoms with Crippen LogP contribution in [0, 0.1) is 6.92 Å². The van der Waals surface area contributed by atoms with Crippen molar-refractivity contribution in [3.63, 3.8) is 0 Å². The molecule has 3 aromatic rings. The van der Waals surface area contributed by atoms with Gasteiger partial charge in [0.1, 0.15) is 6.54 Å². The maximum atomic E-state index is 5.92. The molecular weight excluding hydrogens is 350 g/mol. The fourth-order valence-corrected chi connectivity index (χ4v) is 3.46. The van der Waals surface area contributed by atoms with Gasteiger partial charge in [-0.1, -0.05) is 35.9 Å². The van der Waals surface area contributed by atoms with Gasteiger partial charge in [0.15, 0.2) is 5.82 Å². The van der Waals surface area contributed by atoms with E-state index in [0.29, 0.717) is 5.95 Å². The average molecular weight is 376 g/mol. The summed E-state index contributed by atoms with van der Waals surface area (Å²) in [5, 5.41) is 3.22. The molecule has 7 heteroatoms. The summed E-state index contributed by atoms with van der Waals surface area (Å²) in [5.74, 6) is 1.47. The maximum Gasteiger partial charge on any atom is 0.232 e. The van der Waals surface area contributed by atoms with Gasteiger partial charge < -0.3 is 20.9 Å². The number of quaternary nitrogens is 1. The number of benzene rings is 2. The lowest BCUT2D eigenvalue weighted by Gasteiger charge is -2.33. The van der Waals surface area contributed by atoms with Crippen molar-refractivity contribution in [3.05, 3.63) is 66.0 Å². The minimum atomic E-state index is 0.252. The molecule has 28 heavy (non-hydrogen) atoms. The van der Waals surface area contributed by atoms with Crippen LogP contribution < -0.4 is 20.9 Å². The summed E-state index contributed by atoms with van der Waals surface area (Å²) in [4.78, 5) is 17.0. The molecule has 1 aromatic heterocycles. The Morgan fingerprint density at radius 3 is 2.39 bits per heavy atom. The number of nitrogens with zero attached hydrogens (tertiary/aromatic N) is 4. The largest absolute Gasteiger partial charge is 0.368 e. The number of nitrogens with two attached hydrogens (primary N) is 1. The fourth-order valence-electron chi connectivity index (χ4n) is 3.46. The molecule has 0 saturated carbocycles. The zero-order valence-corrected chi connectivity index (χ0v) is 16.1. The van der Waals surface area contributed by atoms with Gasteiger partial charge in [-0.15, -0.1) is 0 Å². The summed E-state index contributed by atoms with van der Waals surface area (Å²) in [6.45, 7) is 6.94. The number of aryl methyl sites for hydroxylation is 1. The molecule has 1 aliphatic heterocycles. The molecule has 0 radical (unpaired) electrons. The molecule has 2 aromatic carbocycles. The van der Waals surface area contributed by atoms with E-state index in [-0.39, 0.29) is 5.95 Å². The van der Waals surface area contributed by atoms with Gasteiger partial charge in [0.2, 0.25) is 11.9 Å². The summed E-state index contributed by atoms with van der Waals surface area (Å²) in [6.07, 6.45) is 0. The second kappa shape index (κ2) is 8.22. The van der Waals surface area contributed by atoms with Crippen molar-refractivity contribution in [2.45, 2.75) is 13.5 Å². The molecule has 1 fully saturated rings. The Hall–Kier alpha value is -3.19. The van der Waals surface area contributed by atoms with Crippen molar-refractivity contribution in [1.82, 2.24) is 15.0 Å². The number of aromatic nitrogens is 3. The summed E-state index contributed by atoms with van der Waals surface area (Å²) in [6, 6.07) is 18.7. The van der Waals surface area contributed by atoms with Crippen LogP contribution in [0.3, 0.4) is 0 Å². The number of hydrogen-bond donors (Lipinski definition) is 3. The molecule has 0 atom stereocenters. The monoisotopic (exact) mass is 376 g/mol. The number of anilines is 4. The van der Waals surface area contributed by atoms with Gasteiger partial charge in [-0.25, -0.2) is 0 Å². The van der Waals surface area contributed by atoms with E-state index in [1.54, 1.807) is 0 Å². The van der Waals surface area contributed by atoms with Crippen LogP contribution in [-0.4, -0.2) is 41.1 Å². The van der Waals surface area contributed by atoms with Gasteiger partial charge in [0.05, 0.1) is 26.2 Å². The lowest BCUT2D eigenvalue weighted by molar-refractivity contribution is -0.915. The van der Waals surface area contributed by atoms with Gasteiger partial charge >= 0.3 is 0 Å². The van der Waals surface area contributed by atoms with E-state index in [0.717, 1.165) is 44.2 Å². The molecule has 1 saturated heterocycles. The highest BCUT2D eigenvalue weighted by Gasteiger charge is 2.21. The van der Waals surface area contributed by atoms with Crippen molar-refractivity contribution in [1.29, 1.82) is 0 Å². The molecule has 4 rings (SSSR count). The Morgan fingerprint density at radius 1 is 0.964 bits per heavy atom. The lowest BCUT2D eigenvalue weighted by Crippen LogP contribution is -3.13. The third kappa shape index (κ3) is 4.55. The quantitative estimate of drug-likeness (QED) is 0.624. The van der Waals surface area contributed by atoms with E-state index in [2.05, 4.69) is 62.4 Å². The van der Waals surface area contributed by atoms with Crippen molar-refractivity contribution < 1.29 is 4.90 Å². The highest BCUT2D eigenvalue weighted by Crippen LogP contribution is 2.15. The van der Waals surface area contributed by atoms with E-state index in [1.807, 2.05) is 24.3 Å². The molecule has 144 valence electrons. The van der Waals surface area contributed by atoms with E-state index in [4.69, 9.17) is 5.73 Å². The van der Waals surface area contributed by atoms with Crippen molar-refractivity contribution in [3.8, 4) is 0 Å². The van der Waals surface area contributed by atoms with Crippen molar-refractivity contribution in [2.24, 2.45) is 0 Å². The van der Waals surface area contributed by atoms with Crippen LogP contribution in [0.15, 0.2) is 54.6 Å². The van der Waals surface area contributed by atoms with Crippen LogP contribution in [0.25, 0.3) is 0 Å². The molecule has 7 nitrogen and oxygen atoms in total. The second-order valence-corrected chi connectivity index (χ2v) is 7.17. The Balaban J connectivity index is 1.38. The third-order valence-electron chi connectivity index (χ3n) is 5.01. The standard InChI is InChI=1S/C21H25N7/c1-16-7-9-17(10-8-16)23-21-25-19(24-20(22)26-21)15-27-11-13-28(14-12-27)18-5-3-2-4-6-18/h2-10H,11-15H2,1H3,(H3,22,23,24,25,26)/p+1. The van der Waals surface area contributed by atoms with Crippen LogP contribution in [0.4, 0.5) is 23.3 Å². The second-order valence-electron chi connectivity index (χ2n) is 7.17. The maximum absolute atomic E-state index is 5.92. The first-order valence-corrected chi connectivity index (χ1v) is 9.63. The topological polar surface area (TPSA) is 84.4 Å². The van der Waals surface area contributed by atoms with Crippen LogP contribution >= 0.6 is 0 Å². The normalized spacial score (nSPS) is 14.8. The van der Waals surface area contributed by atoms with Gasteiger partial charge in [0, 0.05) is 11.4 Å².